The van der Waals surface area contributed by atoms with Gasteiger partial charge in [-0.1, -0.05) is 6.92 Å². The second-order valence-corrected chi connectivity index (χ2v) is 5.32. The van der Waals surface area contributed by atoms with Gasteiger partial charge < -0.3 is 14.3 Å². The first-order chi connectivity index (χ1) is 9.76. The van der Waals surface area contributed by atoms with Gasteiger partial charge in [0.1, 0.15) is 17.3 Å². The standard InChI is InChI=1S/C15H22N4O/c1-3-16-9-13-8-14(20-12(13)2)10-18-6-7-19-5-4-17-15(19)11-18/h4-5,8,16H,3,6-7,9-11H2,1-2H3. The van der Waals surface area contributed by atoms with Crippen molar-refractivity contribution >= 4 is 0 Å². The van der Waals surface area contributed by atoms with Gasteiger partial charge in [-0.3, -0.25) is 4.90 Å². The van der Waals surface area contributed by atoms with Crippen LogP contribution in [-0.2, 0) is 26.2 Å². The molecule has 0 amide bonds. The van der Waals surface area contributed by atoms with E-state index in [1.54, 1.807) is 0 Å². The van der Waals surface area contributed by atoms with Crippen LogP contribution in [0.5, 0.6) is 0 Å². The molecule has 5 heteroatoms. The van der Waals surface area contributed by atoms with Crippen molar-refractivity contribution in [3.8, 4) is 0 Å². The second kappa shape index (κ2) is 5.81. The number of nitrogens with one attached hydrogen (secondary N) is 1. The van der Waals surface area contributed by atoms with Crippen molar-refractivity contribution in [2.75, 3.05) is 13.1 Å². The fourth-order valence-electron chi connectivity index (χ4n) is 2.68. The Labute approximate surface area is 119 Å². The summed E-state index contributed by atoms with van der Waals surface area (Å²) >= 11 is 0. The molecule has 0 aromatic carbocycles. The third-order valence-electron chi connectivity index (χ3n) is 3.84. The van der Waals surface area contributed by atoms with E-state index in [1.165, 1.54) is 5.56 Å². The Balaban J connectivity index is 1.64. The predicted molar refractivity (Wildman–Crippen MR) is 77.2 cm³/mol. The van der Waals surface area contributed by atoms with E-state index in [0.29, 0.717) is 0 Å². The Morgan fingerprint density at radius 3 is 3.15 bits per heavy atom. The van der Waals surface area contributed by atoms with Gasteiger partial charge in [0.15, 0.2) is 0 Å². The van der Waals surface area contributed by atoms with Crippen molar-refractivity contribution in [1.82, 2.24) is 19.8 Å². The minimum absolute atomic E-state index is 0.861. The van der Waals surface area contributed by atoms with E-state index in [1.807, 2.05) is 13.1 Å². The molecule has 0 radical (unpaired) electrons. The van der Waals surface area contributed by atoms with Crippen LogP contribution in [0, 0.1) is 6.92 Å². The van der Waals surface area contributed by atoms with Crippen LogP contribution >= 0.6 is 0 Å². The Morgan fingerprint density at radius 2 is 2.30 bits per heavy atom. The first-order valence-corrected chi connectivity index (χ1v) is 7.27. The average Bonchev–Trinajstić information content (AvgIpc) is 3.03. The molecule has 1 aliphatic heterocycles. The van der Waals surface area contributed by atoms with Gasteiger partial charge >= 0.3 is 0 Å². The van der Waals surface area contributed by atoms with Gasteiger partial charge in [-0.25, -0.2) is 4.98 Å². The van der Waals surface area contributed by atoms with E-state index in [2.05, 4.69) is 39.0 Å². The highest BCUT2D eigenvalue weighted by molar-refractivity contribution is 5.20. The molecule has 1 aliphatic rings. The summed E-state index contributed by atoms with van der Waals surface area (Å²) in [4.78, 5) is 6.78. The third-order valence-corrected chi connectivity index (χ3v) is 3.84. The van der Waals surface area contributed by atoms with E-state index >= 15 is 0 Å². The van der Waals surface area contributed by atoms with Crippen LogP contribution in [0.3, 0.4) is 0 Å². The van der Waals surface area contributed by atoms with Crippen LogP contribution < -0.4 is 5.32 Å². The molecule has 0 fully saturated rings. The number of furan rings is 1. The molecular weight excluding hydrogens is 252 g/mol. The van der Waals surface area contributed by atoms with Gasteiger partial charge in [-0.05, 0) is 19.5 Å². The van der Waals surface area contributed by atoms with Crippen LogP contribution in [0.25, 0.3) is 0 Å². The smallest absolute Gasteiger partial charge is 0.122 e. The summed E-state index contributed by atoms with van der Waals surface area (Å²) in [6, 6.07) is 2.18. The van der Waals surface area contributed by atoms with Gasteiger partial charge in [0.2, 0.25) is 0 Å². The number of nitrogens with zero attached hydrogens (tertiary/aromatic N) is 3. The fraction of sp³-hybridized carbons (Fsp3) is 0.533. The lowest BCUT2D eigenvalue weighted by atomic mass is 10.2. The van der Waals surface area contributed by atoms with Crippen LogP contribution in [0.1, 0.15) is 29.8 Å². The highest BCUT2D eigenvalue weighted by atomic mass is 16.3. The topological polar surface area (TPSA) is 46.2 Å². The molecule has 20 heavy (non-hydrogen) atoms. The number of rotatable bonds is 5. The van der Waals surface area contributed by atoms with Crippen molar-refractivity contribution in [3.63, 3.8) is 0 Å². The number of imidazole rings is 1. The average molecular weight is 274 g/mol. The zero-order valence-corrected chi connectivity index (χ0v) is 12.2. The second-order valence-electron chi connectivity index (χ2n) is 5.32. The van der Waals surface area contributed by atoms with Crippen molar-refractivity contribution in [1.29, 1.82) is 0 Å². The molecule has 0 saturated carbocycles. The largest absolute Gasteiger partial charge is 0.465 e. The zero-order valence-electron chi connectivity index (χ0n) is 12.2. The maximum absolute atomic E-state index is 5.88. The van der Waals surface area contributed by atoms with Crippen molar-refractivity contribution < 1.29 is 4.42 Å². The van der Waals surface area contributed by atoms with Crippen LogP contribution in [0.2, 0.25) is 0 Å². The summed E-state index contributed by atoms with van der Waals surface area (Å²) in [5.41, 5.74) is 1.26. The molecule has 0 spiro atoms. The number of aryl methyl sites for hydroxylation is 1. The van der Waals surface area contributed by atoms with Gasteiger partial charge in [0.05, 0.1) is 13.1 Å². The number of hydrogen-bond donors (Lipinski definition) is 1. The van der Waals surface area contributed by atoms with Gasteiger partial charge in [-0.2, -0.15) is 0 Å². The minimum Gasteiger partial charge on any atom is -0.465 e. The summed E-state index contributed by atoms with van der Waals surface area (Å²) in [7, 11) is 0. The number of hydrogen-bond acceptors (Lipinski definition) is 4. The zero-order chi connectivity index (χ0) is 13.9. The summed E-state index contributed by atoms with van der Waals surface area (Å²) in [6.45, 7) is 9.84. The lowest BCUT2D eigenvalue weighted by Crippen LogP contribution is -2.33. The molecule has 0 aliphatic carbocycles. The lowest BCUT2D eigenvalue weighted by molar-refractivity contribution is 0.193. The van der Waals surface area contributed by atoms with Crippen molar-refractivity contribution in [2.24, 2.45) is 0 Å². The maximum Gasteiger partial charge on any atom is 0.122 e. The lowest BCUT2D eigenvalue weighted by Gasteiger charge is -2.26. The highest BCUT2D eigenvalue weighted by Gasteiger charge is 2.18. The van der Waals surface area contributed by atoms with E-state index < -0.39 is 0 Å². The fourth-order valence-corrected chi connectivity index (χ4v) is 2.68. The Kier molecular flexibility index (Phi) is 3.89. The van der Waals surface area contributed by atoms with E-state index in [4.69, 9.17) is 4.42 Å². The van der Waals surface area contributed by atoms with E-state index in [9.17, 15) is 0 Å². The molecular formula is C15H22N4O. The molecule has 2 aromatic rings. The van der Waals surface area contributed by atoms with E-state index in [-0.39, 0.29) is 0 Å². The molecule has 0 saturated heterocycles. The Morgan fingerprint density at radius 1 is 1.40 bits per heavy atom. The third kappa shape index (κ3) is 2.78. The van der Waals surface area contributed by atoms with Crippen molar-refractivity contribution in [2.45, 2.75) is 40.0 Å². The van der Waals surface area contributed by atoms with Gasteiger partial charge in [0, 0.05) is 37.6 Å². The molecule has 0 atom stereocenters. The predicted octanol–water partition coefficient (Wildman–Crippen LogP) is 1.91. The molecule has 2 aromatic heterocycles. The summed E-state index contributed by atoms with van der Waals surface area (Å²) < 4.78 is 8.10. The summed E-state index contributed by atoms with van der Waals surface area (Å²) in [5.74, 6) is 3.22. The summed E-state index contributed by atoms with van der Waals surface area (Å²) in [6.07, 6.45) is 3.93. The Hall–Kier alpha value is -1.59. The monoisotopic (exact) mass is 274 g/mol. The number of aromatic nitrogens is 2. The minimum atomic E-state index is 0.861. The molecule has 0 unspecified atom stereocenters. The van der Waals surface area contributed by atoms with Crippen LogP contribution in [0.4, 0.5) is 0 Å². The normalized spacial score (nSPS) is 15.5. The maximum atomic E-state index is 5.88. The molecule has 5 nitrogen and oxygen atoms in total. The SMILES string of the molecule is CCNCc1cc(CN2CCn3ccnc3C2)oc1C. The molecule has 3 heterocycles. The molecule has 1 N–H and O–H groups in total. The van der Waals surface area contributed by atoms with Crippen LogP contribution in [-0.4, -0.2) is 27.5 Å². The van der Waals surface area contributed by atoms with Gasteiger partial charge in [0.25, 0.3) is 0 Å². The molecule has 0 bridgehead atoms. The molecule has 108 valence electrons. The Bertz CT molecular complexity index is 572. The highest BCUT2D eigenvalue weighted by Crippen LogP contribution is 2.19. The first kappa shape index (κ1) is 13.4. The molecule has 3 rings (SSSR count). The number of fused-ring (bicyclic) bond motifs is 1. The summed E-state index contributed by atoms with van der Waals surface area (Å²) in [5, 5.41) is 3.34. The quantitative estimate of drug-likeness (QED) is 0.904. The van der Waals surface area contributed by atoms with Crippen molar-refractivity contribution in [3.05, 3.63) is 41.4 Å². The van der Waals surface area contributed by atoms with Crippen LogP contribution in [0.15, 0.2) is 22.9 Å². The first-order valence-electron chi connectivity index (χ1n) is 7.27. The van der Waals surface area contributed by atoms with E-state index in [0.717, 1.165) is 56.6 Å². The van der Waals surface area contributed by atoms with Gasteiger partial charge in [-0.15, -0.1) is 0 Å².